The van der Waals surface area contributed by atoms with Gasteiger partial charge in [0.25, 0.3) is 0 Å². The zero-order valence-electron chi connectivity index (χ0n) is 11.3. The Labute approximate surface area is 98.8 Å². The Morgan fingerprint density at radius 2 is 1.75 bits per heavy atom. The predicted octanol–water partition coefficient (Wildman–Crippen LogP) is 2.53. The zero-order chi connectivity index (χ0) is 13.1. The molecule has 0 aromatic rings. The monoisotopic (exact) mass is 230 g/mol. The van der Waals surface area contributed by atoms with Crippen LogP contribution in [0.15, 0.2) is 0 Å². The molecule has 0 aromatic heterocycles. The molecule has 0 saturated carbocycles. The quantitative estimate of drug-likeness (QED) is 0.780. The Morgan fingerprint density at radius 1 is 1.31 bits per heavy atom. The van der Waals surface area contributed by atoms with Crippen molar-refractivity contribution in [3.8, 4) is 0 Å². The van der Waals surface area contributed by atoms with Crippen molar-refractivity contribution >= 4 is 6.09 Å². The molecule has 4 heteroatoms. The van der Waals surface area contributed by atoms with Crippen LogP contribution in [0, 0.1) is 5.92 Å². The minimum atomic E-state index is -0.904. The molecule has 3 N–H and O–H groups in total. The Balaban J connectivity index is 4.75. The van der Waals surface area contributed by atoms with E-state index < -0.39 is 11.6 Å². The summed E-state index contributed by atoms with van der Waals surface area (Å²) in [6.45, 7) is 11.7. The van der Waals surface area contributed by atoms with Crippen molar-refractivity contribution in [1.29, 1.82) is 0 Å². The third kappa shape index (κ3) is 4.39. The first-order valence-electron chi connectivity index (χ1n) is 5.85. The molecule has 4 nitrogen and oxygen atoms in total. The topological polar surface area (TPSA) is 66.6 Å². The Hall–Kier alpha value is -0.770. The number of rotatable bonds is 4. The highest BCUT2D eigenvalue weighted by molar-refractivity contribution is 5.66. The minimum Gasteiger partial charge on any atom is -0.465 e. The number of amides is 1. The van der Waals surface area contributed by atoms with Gasteiger partial charge in [0.1, 0.15) is 0 Å². The summed E-state index contributed by atoms with van der Waals surface area (Å²) in [6, 6.07) is -0.282. The molecule has 96 valence electrons. The lowest BCUT2D eigenvalue weighted by molar-refractivity contribution is 0.0646. The molecule has 0 fully saturated rings. The van der Waals surface area contributed by atoms with Gasteiger partial charge in [0, 0.05) is 17.6 Å². The first kappa shape index (κ1) is 15.2. The lowest BCUT2D eigenvalue weighted by atomic mass is 9.95. The number of carboxylic acid groups (broad SMARTS) is 1. The normalized spacial score (nSPS) is 16.0. The maximum Gasteiger partial charge on any atom is 0.408 e. The van der Waals surface area contributed by atoms with Gasteiger partial charge in [-0.25, -0.2) is 4.79 Å². The van der Waals surface area contributed by atoms with E-state index in [1.54, 1.807) is 0 Å². The van der Waals surface area contributed by atoms with Crippen LogP contribution in [0.1, 0.15) is 48.0 Å². The first-order valence-corrected chi connectivity index (χ1v) is 5.85. The molecular weight excluding hydrogens is 204 g/mol. The molecule has 0 saturated heterocycles. The van der Waals surface area contributed by atoms with E-state index in [1.165, 1.54) is 4.90 Å². The van der Waals surface area contributed by atoms with Crippen LogP contribution in [0.5, 0.6) is 0 Å². The van der Waals surface area contributed by atoms with E-state index in [0.29, 0.717) is 5.92 Å². The summed E-state index contributed by atoms with van der Waals surface area (Å²) in [5.74, 6) is 0.480. The summed E-state index contributed by atoms with van der Waals surface area (Å²) >= 11 is 0. The van der Waals surface area contributed by atoms with E-state index in [-0.39, 0.29) is 12.1 Å². The summed E-state index contributed by atoms with van der Waals surface area (Å²) in [5, 5.41) is 9.23. The Bertz CT molecular complexity index is 234. The number of hydrogen-bond acceptors (Lipinski definition) is 2. The van der Waals surface area contributed by atoms with E-state index in [9.17, 15) is 9.90 Å². The van der Waals surface area contributed by atoms with Crippen LogP contribution in [-0.2, 0) is 0 Å². The molecule has 0 rings (SSSR count). The summed E-state index contributed by atoms with van der Waals surface area (Å²) in [7, 11) is 0. The maximum absolute atomic E-state index is 11.2. The van der Waals surface area contributed by atoms with Crippen LogP contribution in [0.25, 0.3) is 0 Å². The predicted molar refractivity (Wildman–Crippen MR) is 66.5 cm³/mol. The number of carbonyl (C=O) groups is 1. The largest absolute Gasteiger partial charge is 0.465 e. The van der Waals surface area contributed by atoms with Crippen molar-refractivity contribution in [3.63, 3.8) is 0 Å². The van der Waals surface area contributed by atoms with Gasteiger partial charge in [-0.1, -0.05) is 13.8 Å². The molecule has 1 amide bonds. The zero-order valence-corrected chi connectivity index (χ0v) is 11.3. The van der Waals surface area contributed by atoms with Gasteiger partial charge in [-0.2, -0.15) is 0 Å². The van der Waals surface area contributed by atoms with E-state index in [0.717, 1.165) is 6.42 Å². The molecule has 0 aliphatic carbocycles. The molecule has 0 bridgehead atoms. The third-order valence-corrected chi connectivity index (χ3v) is 2.70. The Kier molecular flexibility index (Phi) is 5.26. The van der Waals surface area contributed by atoms with Crippen LogP contribution in [0.2, 0.25) is 0 Å². The highest BCUT2D eigenvalue weighted by atomic mass is 16.4. The van der Waals surface area contributed by atoms with Crippen molar-refractivity contribution < 1.29 is 9.90 Å². The van der Waals surface area contributed by atoms with Crippen LogP contribution in [0.4, 0.5) is 4.79 Å². The fourth-order valence-corrected chi connectivity index (χ4v) is 2.00. The van der Waals surface area contributed by atoms with E-state index >= 15 is 0 Å². The van der Waals surface area contributed by atoms with Crippen LogP contribution < -0.4 is 5.73 Å². The van der Waals surface area contributed by atoms with Gasteiger partial charge in [0.05, 0.1) is 0 Å². The molecule has 0 aliphatic rings. The van der Waals surface area contributed by atoms with Crippen molar-refractivity contribution in [3.05, 3.63) is 0 Å². The third-order valence-electron chi connectivity index (χ3n) is 2.70. The number of nitrogens with two attached hydrogens (primary N) is 1. The lowest BCUT2D eigenvalue weighted by Crippen LogP contribution is -2.56. The number of nitrogens with zero attached hydrogens (tertiary/aromatic N) is 1. The molecule has 0 radical (unpaired) electrons. The highest BCUT2D eigenvalue weighted by Gasteiger charge is 2.33. The van der Waals surface area contributed by atoms with E-state index in [2.05, 4.69) is 13.8 Å². The molecule has 0 aromatic carbocycles. The molecule has 0 aliphatic heterocycles. The minimum absolute atomic E-state index is 0.115. The lowest BCUT2D eigenvalue weighted by Gasteiger charge is -2.40. The van der Waals surface area contributed by atoms with E-state index in [4.69, 9.17) is 5.73 Å². The average molecular weight is 230 g/mol. The standard InChI is InChI=1S/C12H26N2O2/c1-8(2)7-10(13)9(3)14(11(15)16)12(4,5)6/h8-10H,7,13H2,1-6H3,(H,15,16)/t9-,10-/m0/s1. The van der Waals surface area contributed by atoms with Crippen LogP contribution in [0.3, 0.4) is 0 Å². The summed E-state index contributed by atoms with van der Waals surface area (Å²) in [5.41, 5.74) is 5.63. The molecule has 2 atom stereocenters. The fourth-order valence-electron chi connectivity index (χ4n) is 2.00. The maximum atomic E-state index is 11.2. The second-order valence-corrected chi connectivity index (χ2v) is 5.86. The number of hydrogen-bond donors (Lipinski definition) is 2. The van der Waals surface area contributed by atoms with Crippen LogP contribution >= 0.6 is 0 Å². The van der Waals surface area contributed by atoms with Crippen molar-refractivity contribution in [2.45, 2.75) is 65.6 Å². The van der Waals surface area contributed by atoms with Gasteiger partial charge < -0.3 is 10.8 Å². The highest BCUT2D eigenvalue weighted by Crippen LogP contribution is 2.20. The molecular formula is C12H26N2O2. The van der Waals surface area contributed by atoms with Crippen molar-refractivity contribution in [2.24, 2.45) is 11.7 Å². The smallest absolute Gasteiger partial charge is 0.408 e. The Morgan fingerprint density at radius 3 is 2.00 bits per heavy atom. The van der Waals surface area contributed by atoms with Gasteiger partial charge in [0.15, 0.2) is 0 Å². The summed E-state index contributed by atoms with van der Waals surface area (Å²) < 4.78 is 0. The van der Waals surface area contributed by atoms with Gasteiger partial charge in [0.2, 0.25) is 0 Å². The molecule has 0 spiro atoms. The van der Waals surface area contributed by atoms with E-state index in [1.807, 2.05) is 27.7 Å². The van der Waals surface area contributed by atoms with Crippen molar-refractivity contribution in [1.82, 2.24) is 4.90 Å². The van der Waals surface area contributed by atoms with Gasteiger partial charge >= 0.3 is 6.09 Å². The molecule has 16 heavy (non-hydrogen) atoms. The van der Waals surface area contributed by atoms with Gasteiger partial charge in [-0.3, -0.25) is 4.90 Å². The van der Waals surface area contributed by atoms with Gasteiger partial charge in [-0.15, -0.1) is 0 Å². The second-order valence-electron chi connectivity index (χ2n) is 5.86. The SMILES string of the molecule is CC(C)C[C@H](N)[C@H](C)N(C(=O)O)C(C)(C)C. The second kappa shape index (κ2) is 5.53. The summed E-state index contributed by atoms with van der Waals surface area (Å²) in [6.07, 6.45) is -0.0692. The molecule has 0 unspecified atom stereocenters. The van der Waals surface area contributed by atoms with Gasteiger partial charge in [-0.05, 0) is 40.0 Å². The van der Waals surface area contributed by atoms with Crippen LogP contribution in [-0.4, -0.2) is 33.7 Å². The molecule has 0 heterocycles. The fraction of sp³-hybridized carbons (Fsp3) is 0.917. The average Bonchev–Trinajstić information content (AvgIpc) is 1.98. The first-order chi connectivity index (χ1) is 7.07. The van der Waals surface area contributed by atoms with Crippen molar-refractivity contribution in [2.75, 3.05) is 0 Å². The summed E-state index contributed by atoms with van der Waals surface area (Å²) in [4.78, 5) is 12.7.